The van der Waals surface area contributed by atoms with E-state index in [-0.39, 0.29) is 5.41 Å². The predicted molar refractivity (Wildman–Crippen MR) is 93.7 cm³/mol. The molecule has 0 radical (unpaired) electrons. The van der Waals surface area contributed by atoms with E-state index in [0.29, 0.717) is 13.2 Å². The molecule has 1 heterocycles. The van der Waals surface area contributed by atoms with Crippen LogP contribution in [0.5, 0.6) is 0 Å². The van der Waals surface area contributed by atoms with Crippen molar-refractivity contribution >= 4 is 31.9 Å². The van der Waals surface area contributed by atoms with Crippen LogP contribution < -0.4 is 0 Å². The fourth-order valence-electron chi connectivity index (χ4n) is 3.18. The van der Waals surface area contributed by atoms with Gasteiger partial charge in [0.25, 0.3) is 0 Å². The highest BCUT2D eigenvalue weighted by atomic mass is 79.9. The van der Waals surface area contributed by atoms with E-state index in [1.807, 2.05) is 0 Å². The van der Waals surface area contributed by atoms with E-state index in [1.165, 1.54) is 11.1 Å². The van der Waals surface area contributed by atoms with E-state index < -0.39 is 5.79 Å². The third-order valence-electron chi connectivity index (χ3n) is 4.29. The van der Waals surface area contributed by atoms with E-state index in [4.69, 9.17) is 9.47 Å². The molecule has 0 atom stereocenters. The summed E-state index contributed by atoms with van der Waals surface area (Å²) >= 11 is 7.15. The molecule has 2 nitrogen and oxygen atoms in total. The van der Waals surface area contributed by atoms with Crippen LogP contribution >= 0.6 is 31.9 Å². The summed E-state index contributed by atoms with van der Waals surface area (Å²) in [6.45, 7) is 5.67. The highest BCUT2D eigenvalue weighted by molar-refractivity contribution is 9.10. The Labute approximate surface area is 147 Å². The third kappa shape index (κ3) is 2.12. The van der Waals surface area contributed by atoms with Crippen molar-refractivity contribution in [1.29, 1.82) is 0 Å². The van der Waals surface area contributed by atoms with Crippen LogP contribution in [0, 0.1) is 5.41 Å². The predicted octanol–water partition coefficient (Wildman–Crippen LogP) is 5.47. The summed E-state index contributed by atoms with van der Waals surface area (Å²) < 4.78 is 14.8. The molecule has 4 rings (SSSR count). The summed E-state index contributed by atoms with van der Waals surface area (Å²) in [6, 6.07) is 12.6. The van der Waals surface area contributed by atoms with Gasteiger partial charge in [-0.05, 0) is 35.4 Å². The molecule has 1 fully saturated rings. The maximum Gasteiger partial charge on any atom is 0.223 e. The summed E-state index contributed by atoms with van der Waals surface area (Å²) in [5.74, 6) is -0.784. The average molecular weight is 424 g/mol. The number of halogens is 2. The monoisotopic (exact) mass is 422 g/mol. The maximum absolute atomic E-state index is 6.34. The van der Waals surface area contributed by atoms with Gasteiger partial charge in [-0.15, -0.1) is 0 Å². The molecule has 2 aliphatic rings. The van der Waals surface area contributed by atoms with Crippen LogP contribution in [0.3, 0.4) is 0 Å². The fourth-order valence-corrected chi connectivity index (χ4v) is 3.90. The normalized spacial score (nSPS) is 20.7. The van der Waals surface area contributed by atoms with Crippen LogP contribution in [-0.2, 0) is 15.3 Å². The lowest BCUT2D eigenvalue weighted by Crippen LogP contribution is -2.45. The summed E-state index contributed by atoms with van der Waals surface area (Å²) in [7, 11) is 0. The molecule has 114 valence electrons. The van der Waals surface area contributed by atoms with Gasteiger partial charge in [-0.3, -0.25) is 0 Å². The third-order valence-corrected chi connectivity index (χ3v) is 5.28. The van der Waals surface area contributed by atoms with Gasteiger partial charge in [0.2, 0.25) is 5.79 Å². The van der Waals surface area contributed by atoms with Crippen molar-refractivity contribution in [3.05, 3.63) is 56.5 Å². The van der Waals surface area contributed by atoms with E-state index in [0.717, 1.165) is 20.1 Å². The van der Waals surface area contributed by atoms with Crippen molar-refractivity contribution in [2.75, 3.05) is 13.2 Å². The molecule has 1 aliphatic carbocycles. The molecule has 0 unspecified atom stereocenters. The first kappa shape index (κ1) is 14.9. The molecule has 2 aromatic carbocycles. The Kier molecular flexibility index (Phi) is 3.32. The molecule has 0 N–H and O–H groups in total. The van der Waals surface area contributed by atoms with Crippen LogP contribution in [0.2, 0.25) is 0 Å². The number of ether oxygens (including phenoxy) is 2. The van der Waals surface area contributed by atoms with Gasteiger partial charge in [-0.25, -0.2) is 0 Å². The molecular weight excluding hydrogens is 408 g/mol. The van der Waals surface area contributed by atoms with Crippen molar-refractivity contribution in [1.82, 2.24) is 0 Å². The Morgan fingerprint density at radius 1 is 0.818 bits per heavy atom. The number of hydrogen-bond donors (Lipinski definition) is 0. The molecule has 1 spiro atoms. The van der Waals surface area contributed by atoms with Gasteiger partial charge in [0.05, 0.1) is 13.2 Å². The molecule has 4 heteroatoms. The van der Waals surface area contributed by atoms with E-state index in [1.54, 1.807) is 0 Å². The smallest absolute Gasteiger partial charge is 0.223 e. The van der Waals surface area contributed by atoms with Gasteiger partial charge >= 0.3 is 0 Å². The van der Waals surface area contributed by atoms with Gasteiger partial charge in [0.15, 0.2) is 0 Å². The van der Waals surface area contributed by atoms with Crippen molar-refractivity contribution in [3.63, 3.8) is 0 Å². The minimum absolute atomic E-state index is 0.0339. The zero-order chi connectivity index (χ0) is 15.5. The first-order valence-electron chi connectivity index (χ1n) is 7.30. The van der Waals surface area contributed by atoms with Crippen molar-refractivity contribution in [2.45, 2.75) is 19.6 Å². The molecule has 0 bridgehead atoms. The zero-order valence-corrected chi connectivity index (χ0v) is 15.6. The molecule has 22 heavy (non-hydrogen) atoms. The summed E-state index contributed by atoms with van der Waals surface area (Å²) in [4.78, 5) is 0. The summed E-state index contributed by atoms with van der Waals surface area (Å²) in [6.07, 6.45) is 0. The standard InChI is InChI=1S/C18H16Br2O2/c1-17(2)9-21-18(22-10-17)15-7-11(19)3-5-13(15)14-6-4-12(20)8-16(14)18/h3-8H,9-10H2,1-2H3. The fraction of sp³-hybridized carbons (Fsp3) is 0.333. The molecule has 0 amide bonds. The van der Waals surface area contributed by atoms with Crippen LogP contribution in [0.25, 0.3) is 11.1 Å². The lowest BCUT2D eigenvalue weighted by Gasteiger charge is -2.42. The topological polar surface area (TPSA) is 18.5 Å². The second-order valence-corrected chi connectivity index (χ2v) is 8.57. The zero-order valence-electron chi connectivity index (χ0n) is 12.5. The Balaban J connectivity index is 1.95. The van der Waals surface area contributed by atoms with E-state index >= 15 is 0 Å². The largest absolute Gasteiger partial charge is 0.342 e. The van der Waals surface area contributed by atoms with Crippen molar-refractivity contribution in [3.8, 4) is 11.1 Å². The first-order valence-corrected chi connectivity index (χ1v) is 8.88. The Morgan fingerprint density at radius 3 is 1.73 bits per heavy atom. The minimum Gasteiger partial charge on any atom is -0.342 e. The number of benzene rings is 2. The van der Waals surface area contributed by atoms with Crippen molar-refractivity contribution < 1.29 is 9.47 Å². The Hall–Kier alpha value is -0.680. The van der Waals surface area contributed by atoms with Crippen molar-refractivity contribution in [2.24, 2.45) is 5.41 Å². The van der Waals surface area contributed by atoms with Gasteiger partial charge in [-0.1, -0.05) is 57.8 Å². The minimum atomic E-state index is -0.784. The van der Waals surface area contributed by atoms with E-state index in [2.05, 4.69) is 82.1 Å². The lowest BCUT2D eigenvalue weighted by atomic mass is 9.92. The summed E-state index contributed by atoms with van der Waals surface area (Å²) in [5, 5.41) is 0. The van der Waals surface area contributed by atoms with Crippen LogP contribution in [0.15, 0.2) is 45.3 Å². The second-order valence-electron chi connectivity index (χ2n) is 6.74. The molecule has 0 saturated carbocycles. The highest BCUT2D eigenvalue weighted by Crippen LogP contribution is 2.54. The van der Waals surface area contributed by atoms with Crippen LogP contribution in [0.1, 0.15) is 25.0 Å². The maximum atomic E-state index is 6.34. The van der Waals surface area contributed by atoms with Gasteiger partial charge in [-0.2, -0.15) is 0 Å². The van der Waals surface area contributed by atoms with Crippen LogP contribution in [0.4, 0.5) is 0 Å². The first-order chi connectivity index (χ1) is 10.4. The molecule has 0 aromatic heterocycles. The lowest BCUT2D eigenvalue weighted by molar-refractivity contribution is -0.282. The van der Waals surface area contributed by atoms with Gasteiger partial charge < -0.3 is 9.47 Å². The summed E-state index contributed by atoms with van der Waals surface area (Å²) in [5.41, 5.74) is 4.58. The number of rotatable bonds is 0. The Morgan fingerprint density at radius 2 is 1.27 bits per heavy atom. The Bertz CT molecular complexity index is 704. The van der Waals surface area contributed by atoms with Gasteiger partial charge in [0, 0.05) is 25.5 Å². The van der Waals surface area contributed by atoms with E-state index in [9.17, 15) is 0 Å². The molecule has 1 saturated heterocycles. The highest BCUT2D eigenvalue weighted by Gasteiger charge is 2.50. The molecule has 1 aliphatic heterocycles. The molecular formula is C18H16Br2O2. The number of fused-ring (bicyclic) bond motifs is 5. The SMILES string of the molecule is CC1(C)COC2(OC1)c1cc(Br)ccc1-c1ccc(Br)cc12. The average Bonchev–Trinajstić information content (AvgIpc) is 2.72. The number of hydrogen-bond acceptors (Lipinski definition) is 2. The quantitative estimate of drug-likeness (QED) is 0.559. The van der Waals surface area contributed by atoms with Gasteiger partial charge in [0.1, 0.15) is 0 Å². The second kappa shape index (κ2) is 4.91. The molecule has 2 aromatic rings. The van der Waals surface area contributed by atoms with Crippen LogP contribution in [-0.4, -0.2) is 13.2 Å².